The van der Waals surface area contributed by atoms with Gasteiger partial charge in [-0.25, -0.2) is 0 Å². The van der Waals surface area contributed by atoms with Crippen molar-refractivity contribution in [1.29, 1.82) is 0 Å². The monoisotopic (exact) mass is 486 g/mol. The van der Waals surface area contributed by atoms with Crippen molar-refractivity contribution in [3.05, 3.63) is 101 Å². The number of aryl methyl sites for hydroxylation is 2. The predicted molar refractivity (Wildman–Crippen MR) is 145 cm³/mol. The third kappa shape index (κ3) is 8.26. The van der Waals surface area contributed by atoms with Gasteiger partial charge < -0.3 is 15.0 Å². The number of hydrogen-bond acceptors (Lipinski definition) is 3. The van der Waals surface area contributed by atoms with E-state index in [2.05, 4.69) is 12.2 Å². The molecule has 1 atom stereocenters. The Morgan fingerprint density at radius 3 is 2.17 bits per heavy atom. The SMILES string of the molecule is CCc1ccc(OCC(=O)N(Cc2cccc(C)c2)[C@H](Cc2ccccc2)C(=O)NC(C)(C)C)cc1. The fourth-order valence-corrected chi connectivity index (χ4v) is 4.06. The van der Waals surface area contributed by atoms with Gasteiger partial charge in [-0.05, 0) is 62.9 Å². The van der Waals surface area contributed by atoms with Crippen molar-refractivity contribution in [2.75, 3.05) is 6.61 Å². The maximum Gasteiger partial charge on any atom is 0.261 e. The van der Waals surface area contributed by atoms with Gasteiger partial charge in [0.15, 0.2) is 6.61 Å². The summed E-state index contributed by atoms with van der Waals surface area (Å²) in [5, 5.41) is 3.08. The van der Waals surface area contributed by atoms with Gasteiger partial charge in [0, 0.05) is 18.5 Å². The maximum absolute atomic E-state index is 13.7. The Balaban J connectivity index is 1.91. The lowest BCUT2D eigenvalue weighted by Crippen LogP contribution is -2.55. The van der Waals surface area contributed by atoms with E-state index in [4.69, 9.17) is 4.74 Å². The standard InChI is InChI=1S/C31H38N2O3/c1-6-24-15-17-27(18-16-24)36-22-29(34)33(21-26-14-10-11-23(2)19-26)28(30(35)32-31(3,4)5)20-25-12-8-7-9-13-25/h7-19,28H,6,20-22H2,1-5H3,(H,32,35)/t28-/m1/s1. The van der Waals surface area contributed by atoms with E-state index in [0.717, 1.165) is 23.1 Å². The molecule has 1 N–H and O–H groups in total. The summed E-state index contributed by atoms with van der Waals surface area (Å²) in [6.07, 6.45) is 1.35. The van der Waals surface area contributed by atoms with Crippen LogP contribution in [0.5, 0.6) is 5.75 Å². The van der Waals surface area contributed by atoms with Crippen LogP contribution >= 0.6 is 0 Å². The Hall–Kier alpha value is -3.60. The van der Waals surface area contributed by atoms with Gasteiger partial charge in [0.2, 0.25) is 5.91 Å². The van der Waals surface area contributed by atoms with Gasteiger partial charge >= 0.3 is 0 Å². The van der Waals surface area contributed by atoms with E-state index in [-0.39, 0.29) is 18.4 Å². The molecule has 0 aliphatic heterocycles. The molecule has 0 aromatic heterocycles. The summed E-state index contributed by atoms with van der Waals surface area (Å²) >= 11 is 0. The molecule has 0 bridgehead atoms. The number of nitrogens with one attached hydrogen (secondary N) is 1. The van der Waals surface area contributed by atoms with Crippen molar-refractivity contribution in [2.24, 2.45) is 0 Å². The van der Waals surface area contributed by atoms with Gasteiger partial charge in [-0.15, -0.1) is 0 Å². The molecule has 0 aliphatic rings. The van der Waals surface area contributed by atoms with E-state index < -0.39 is 11.6 Å². The van der Waals surface area contributed by atoms with Gasteiger partial charge in [0.1, 0.15) is 11.8 Å². The van der Waals surface area contributed by atoms with Crippen LogP contribution in [0.1, 0.15) is 49.9 Å². The lowest BCUT2D eigenvalue weighted by atomic mass is 10.0. The van der Waals surface area contributed by atoms with Crippen molar-refractivity contribution >= 4 is 11.8 Å². The third-order valence-electron chi connectivity index (χ3n) is 5.90. The number of ether oxygens (including phenoxy) is 1. The van der Waals surface area contributed by atoms with Crippen LogP contribution in [-0.2, 0) is 29.0 Å². The van der Waals surface area contributed by atoms with Gasteiger partial charge in [-0.1, -0.05) is 79.2 Å². The zero-order chi connectivity index (χ0) is 26.1. The van der Waals surface area contributed by atoms with Gasteiger partial charge in [-0.3, -0.25) is 9.59 Å². The molecule has 3 aromatic rings. The second kappa shape index (κ2) is 12.4. The molecule has 5 heteroatoms. The van der Waals surface area contributed by atoms with Crippen LogP contribution < -0.4 is 10.1 Å². The molecule has 0 aliphatic carbocycles. The molecule has 0 fully saturated rings. The van der Waals surface area contributed by atoms with Crippen LogP contribution in [0.4, 0.5) is 0 Å². The minimum atomic E-state index is -0.689. The predicted octanol–water partition coefficient (Wildman–Crippen LogP) is 5.49. The Bertz CT molecular complexity index is 1130. The van der Waals surface area contributed by atoms with Crippen LogP contribution in [0.2, 0.25) is 0 Å². The minimum absolute atomic E-state index is 0.147. The highest BCUT2D eigenvalue weighted by Gasteiger charge is 2.32. The molecule has 0 radical (unpaired) electrons. The quantitative estimate of drug-likeness (QED) is 0.412. The molecule has 0 spiro atoms. The number of carbonyl (C=O) groups excluding carboxylic acids is 2. The van der Waals surface area contributed by atoms with Crippen LogP contribution in [0, 0.1) is 6.92 Å². The average molecular weight is 487 g/mol. The minimum Gasteiger partial charge on any atom is -0.484 e. The number of amides is 2. The van der Waals surface area contributed by atoms with E-state index >= 15 is 0 Å². The normalized spacial score (nSPS) is 12.0. The summed E-state index contributed by atoms with van der Waals surface area (Å²) in [6.45, 7) is 10.1. The van der Waals surface area contributed by atoms with Crippen molar-refractivity contribution in [1.82, 2.24) is 10.2 Å². The summed E-state index contributed by atoms with van der Waals surface area (Å²) in [4.78, 5) is 28.9. The van der Waals surface area contributed by atoms with E-state index in [0.29, 0.717) is 18.7 Å². The summed E-state index contributed by atoms with van der Waals surface area (Å²) in [6, 6.07) is 24.9. The lowest BCUT2D eigenvalue weighted by Gasteiger charge is -2.33. The van der Waals surface area contributed by atoms with Gasteiger partial charge in [0.05, 0.1) is 0 Å². The molecule has 36 heavy (non-hydrogen) atoms. The molecule has 3 aromatic carbocycles. The van der Waals surface area contributed by atoms with Crippen LogP contribution in [0.3, 0.4) is 0 Å². The van der Waals surface area contributed by atoms with Crippen LogP contribution in [0.15, 0.2) is 78.9 Å². The lowest BCUT2D eigenvalue weighted by molar-refractivity contribution is -0.143. The van der Waals surface area contributed by atoms with Crippen molar-refractivity contribution < 1.29 is 14.3 Å². The first kappa shape index (κ1) is 27.0. The Morgan fingerprint density at radius 2 is 1.56 bits per heavy atom. The number of nitrogens with zero attached hydrogens (tertiary/aromatic N) is 1. The van der Waals surface area contributed by atoms with Crippen LogP contribution in [0.25, 0.3) is 0 Å². The first-order valence-corrected chi connectivity index (χ1v) is 12.6. The summed E-state index contributed by atoms with van der Waals surface area (Å²) in [5.74, 6) is 0.218. The molecular weight excluding hydrogens is 448 g/mol. The van der Waals surface area contributed by atoms with E-state index in [1.54, 1.807) is 4.90 Å². The van der Waals surface area contributed by atoms with E-state index in [1.165, 1.54) is 5.56 Å². The fourth-order valence-electron chi connectivity index (χ4n) is 4.06. The molecule has 190 valence electrons. The molecule has 2 amide bonds. The third-order valence-corrected chi connectivity index (χ3v) is 5.90. The fraction of sp³-hybridized carbons (Fsp3) is 0.355. The summed E-state index contributed by atoms with van der Waals surface area (Å²) in [7, 11) is 0. The molecule has 5 nitrogen and oxygen atoms in total. The largest absolute Gasteiger partial charge is 0.484 e. The Labute approximate surface area is 215 Å². The molecule has 0 unspecified atom stereocenters. The number of hydrogen-bond donors (Lipinski definition) is 1. The molecule has 3 rings (SSSR count). The smallest absolute Gasteiger partial charge is 0.261 e. The maximum atomic E-state index is 13.7. The highest BCUT2D eigenvalue weighted by Crippen LogP contribution is 2.18. The highest BCUT2D eigenvalue weighted by molar-refractivity contribution is 5.89. The van der Waals surface area contributed by atoms with Gasteiger partial charge in [0.25, 0.3) is 5.91 Å². The number of rotatable bonds is 10. The Kier molecular flexibility index (Phi) is 9.29. The molecule has 0 saturated carbocycles. The molecular formula is C31H38N2O3. The first-order valence-electron chi connectivity index (χ1n) is 12.6. The molecule has 0 saturated heterocycles. The topological polar surface area (TPSA) is 58.6 Å². The zero-order valence-electron chi connectivity index (χ0n) is 22.1. The zero-order valence-corrected chi connectivity index (χ0v) is 22.1. The van der Waals surface area contributed by atoms with Crippen LogP contribution in [-0.4, -0.2) is 34.9 Å². The van der Waals surface area contributed by atoms with E-state index in [1.807, 2.05) is 107 Å². The second-order valence-electron chi connectivity index (χ2n) is 10.2. The summed E-state index contributed by atoms with van der Waals surface area (Å²) in [5.41, 5.74) is 3.84. The second-order valence-corrected chi connectivity index (χ2v) is 10.2. The average Bonchev–Trinajstić information content (AvgIpc) is 2.84. The first-order chi connectivity index (χ1) is 17.1. The van der Waals surface area contributed by atoms with Crippen molar-refractivity contribution in [3.63, 3.8) is 0 Å². The number of benzene rings is 3. The van der Waals surface area contributed by atoms with Crippen molar-refractivity contribution in [3.8, 4) is 5.75 Å². The molecule has 0 heterocycles. The summed E-state index contributed by atoms with van der Waals surface area (Å²) < 4.78 is 5.87. The van der Waals surface area contributed by atoms with E-state index in [9.17, 15) is 9.59 Å². The van der Waals surface area contributed by atoms with Crippen molar-refractivity contribution in [2.45, 2.75) is 65.6 Å². The number of carbonyl (C=O) groups is 2. The Morgan fingerprint density at radius 1 is 0.889 bits per heavy atom. The highest BCUT2D eigenvalue weighted by atomic mass is 16.5. The van der Waals surface area contributed by atoms with Gasteiger partial charge in [-0.2, -0.15) is 0 Å².